The number of aromatic nitrogens is 4. The maximum atomic E-state index is 5.65. The number of benzene rings is 1. The fraction of sp³-hybridized carbons (Fsp3) is 0.422. The van der Waals surface area contributed by atoms with Crippen molar-refractivity contribution in [1.29, 1.82) is 0 Å². The Labute approximate surface area is 294 Å². The molecule has 0 radical (unpaired) electrons. The molecule has 0 amide bonds. The lowest BCUT2D eigenvalue weighted by molar-refractivity contribution is 1.07. The molecule has 3 aromatic heterocycles. The standard InChI is InChI=1S/C45H56N4/c1-12-28-30(14-3)39-23-41-32(16-5)34(18-7)44(48-41)43(36-21-20-25(9)26(10)27(36)11)45-35(19-8)33(17-6)42(49-45)24-40-31(15-4)29(13-2)38(47-40)22-37(28)46-39/h20-24,46,48H,12-19H2,1-11H3. The number of nitrogens with one attached hydrogen (secondary N) is 2. The molecule has 256 valence electrons. The van der Waals surface area contributed by atoms with E-state index in [0.29, 0.717) is 0 Å². The largest absolute Gasteiger partial charge is 0.355 e. The van der Waals surface area contributed by atoms with Crippen LogP contribution in [-0.4, -0.2) is 19.9 Å². The van der Waals surface area contributed by atoms with Crippen molar-refractivity contribution in [2.75, 3.05) is 0 Å². The molecule has 0 aliphatic carbocycles. The molecule has 49 heavy (non-hydrogen) atoms. The van der Waals surface area contributed by atoms with E-state index in [0.717, 1.165) is 74.1 Å². The highest BCUT2D eigenvalue weighted by atomic mass is 14.8. The maximum absolute atomic E-state index is 5.65. The molecule has 0 atom stereocenters. The quantitative estimate of drug-likeness (QED) is 0.189. The van der Waals surface area contributed by atoms with Gasteiger partial charge >= 0.3 is 0 Å². The number of fused-ring (bicyclic) bond motifs is 8. The molecule has 0 spiro atoms. The summed E-state index contributed by atoms with van der Waals surface area (Å²) >= 11 is 0. The van der Waals surface area contributed by atoms with E-state index in [9.17, 15) is 0 Å². The minimum Gasteiger partial charge on any atom is -0.355 e. The SMILES string of the molecule is CCC1=C(CC)c2cc3[nH]c(cc4[nH]c(c(CC)c4CC)c(-c4ccc(C)c(C)c4C)c4nc(cc1n2)C(CC)=C4CC)c(CC)c3CC. The van der Waals surface area contributed by atoms with Crippen LogP contribution < -0.4 is 0 Å². The van der Waals surface area contributed by atoms with Crippen LogP contribution in [0.5, 0.6) is 0 Å². The molecule has 2 N–H and O–H groups in total. The van der Waals surface area contributed by atoms with Crippen molar-refractivity contribution in [1.82, 2.24) is 19.9 Å². The predicted octanol–water partition coefficient (Wildman–Crippen LogP) is 12.6. The lowest BCUT2D eigenvalue weighted by atomic mass is 9.89. The summed E-state index contributed by atoms with van der Waals surface area (Å²) in [5.74, 6) is 0. The zero-order chi connectivity index (χ0) is 35.1. The Morgan fingerprint density at radius 1 is 0.469 bits per heavy atom. The lowest BCUT2D eigenvalue weighted by Crippen LogP contribution is -1.97. The fourth-order valence-corrected chi connectivity index (χ4v) is 8.68. The molecule has 0 unspecified atom stereocenters. The highest BCUT2D eigenvalue weighted by Crippen LogP contribution is 2.44. The number of allylic oxidation sites excluding steroid dienone is 4. The number of H-pyrrole nitrogens is 2. The van der Waals surface area contributed by atoms with Crippen LogP contribution >= 0.6 is 0 Å². The summed E-state index contributed by atoms with van der Waals surface area (Å²) in [7, 11) is 0. The molecular formula is C45H56N4. The number of aromatic amines is 2. The second-order valence-electron chi connectivity index (χ2n) is 13.7. The van der Waals surface area contributed by atoms with E-state index < -0.39 is 0 Å². The zero-order valence-electron chi connectivity index (χ0n) is 31.9. The van der Waals surface area contributed by atoms with Crippen LogP contribution in [0.2, 0.25) is 0 Å². The van der Waals surface area contributed by atoms with Crippen molar-refractivity contribution >= 4 is 44.4 Å². The molecule has 6 rings (SSSR count). The first kappa shape index (κ1) is 34.7. The van der Waals surface area contributed by atoms with Gasteiger partial charge in [-0.25, -0.2) is 9.97 Å². The number of rotatable bonds is 9. The summed E-state index contributed by atoms with van der Waals surface area (Å²) in [5, 5.41) is 0. The van der Waals surface area contributed by atoms with Gasteiger partial charge in [0.1, 0.15) is 0 Å². The maximum Gasteiger partial charge on any atom is 0.0771 e. The molecule has 5 heterocycles. The van der Waals surface area contributed by atoms with Gasteiger partial charge in [-0.15, -0.1) is 0 Å². The molecule has 0 saturated carbocycles. The third kappa shape index (κ3) is 5.62. The van der Waals surface area contributed by atoms with E-state index in [1.54, 1.807) is 0 Å². The topological polar surface area (TPSA) is 57.4 Å². The van der Waals surface area contributed by atoms with E-state index >= 15 is 0 Å². The first-order chi connectivity index (χ1) is 23.7. The van der Waals surface area contributed by atoms with E-state index in [1.807, 2.05) is 0 Å². The van der Waals surface area contributed by atoms with Crippen molar-refractivity contribution in [3.05, 3.63) is 92.1 Å². The van der Waals surface area contributed by atoms with E-state index in [1.165, 1.54) is 94.4 Å². The zero-order valence-corrected chi connectivity index (χ0v) is 31.9. The third-order valence-corrected chi connectivity index (χ3v) is 11.4. The van der Waals surface area contributed by atoms with E-state index in [-0.39, 0.29) is 0 Å². The summed E-state index contributed by atoms with van der Waals surface area (Å²) in [4.78, 5) is 19.0. The molecule has 0 saturated heterocycles. The molecule has 2 aliphatic rings. The summed E-state index contributed by atoms with van der Waals surface area (Å²) in [6.45, 7) is 25.1. The van der Waals surface area contributed by atoms with Gasteiger partial charge in [0.15, 0.2) is 0 Å². The van der Waals surface area contributed by atoms with Crippen LogP contribution in [0.3, 0.4) is 0 Å². The van der Waals surface area contributed by atoms with Crippen LogP contribution in [0.25, 0.3) is 55.5 Å². The van der Waals surface area contributed by atoms with Gasteiger partial charge in [-0.1, -0.05) is 67.5 Å². The summed E-state index contributed by atoms with van der Waals surface area (Å²) in [6.07, 6.45) is 7.60. The van der Waals surface area contributed by atoms with Gasteiger partial charge in [-0.2, -0.15) is 0 Å². The van der Waals surface area contributed by atoms with Gasteiger partial charge in [-0.05, 0) is 157 Å². The van der Waals surface area contributed by atoms with Gasteiger partial charge < -0.3 is 9.97 Å². The van der Waals surface area contributed by atoms with Gasteiger partial charge in [0, 0.05) is 22.1 Å². The lowest BCUT2D eigenvalue weighted by Gasteiger charge is -2.15. The van der Waals surface area contributed by atoms with Gasteiger partial charge in [0.2, 0.25) is 0 Å². The summed E-state index contributed by atoms with van der Waals surface area (Å²) in [6, 6.07) is 11.7. The smallest absolute Gasteiger partial charge is 0.0771 e. The Hall–Kier alpha value is -4.18. The molecule has 4 nitrogen and oxygen atoms in total. The fourth-order valence-electron chi connectivity index (χ4n) is 8.68. The van der Waals surface area contributed by atoms with E-state index in [4.69, 9.17) is 9.97 Å². The second-order valence-corrected chi connectivity index (χ2v) is 13.7. The van der Waals surface area contributed by atoms with Crippen LogP contribution in [-0.2, 0) is 25.7 Å². The Bertz CT molecular complexity index is 2180. The number of nitrogens with zero attached hydrogens (tertiary/aromatic N) is 2. The minimum absolute atomic E-state index is 0.924. The Balaban J connectivity index is 1.95. The van der Waals surface area contributed by atoms with Crippen LogP contribution in [0.15, 0.2) is 30.3 Å². The Morgan fingerprint density at radius 3 is 1.53 bits per heavy atom. The molecule has 8 bridgehead atoms. The van der Waals surface area contributed by atoms with Crippen molar-refractivity contribution < 1.29 is 0 Å². The minimum atomic E-state index is 0.924. The van der Waals surface area contributed by atoms with Crippen molar-refractivity contribution in [3.8, 4) is 11.1 Å². The average Bonchev–Trinajstić information content (AvgIpc) is 3.83. The van der Waals surface area contributed by atoms with Crippen LogP contribution in [0.1, 0.15) is 143 Å². The number of hydrogen-bond acceptors (Lipinski definition) is 2. The first-order valence-corrected chi connectivity index (χ1v) is 19.0. The second kappa shape index (κ2) is 14.0. The average molecular weight is 653 g/mol. The highest BCUT2D eigenvalue weighted by molar-refractivity contribution is 6.02. The highest BCUT2D eigenvalue weighted by Gasteiger charge is 2.27. The molecule has 1 aromatic carbocycles. The van der Waals surface area contributed by atoms with Crippen LogP contribution in [0.4, 0.5) is 0 Å². The van der Waals surface area contributed by atoms with Gasteiger partial charge in [0.25, 0.3) is 0 Å². The monoisotopic (exact) mass is 652 g/mol. The van der Waals surface area contributed by atoms with Gasteiger partial charge in [0.05, 0.1) is 28.3 Å². The first-order valence-electron chi connectivity index (χ1n) is 19.0. The molecule has 2 aliphatic heterocycles. The molecular weight excluding hydrogens is 597 g/mol. The Morgan fingerprint density at radius 2 is 0.959 bits per heavy atom. The van der Waals surface area contributed by atoms with Crippen molar-refractivity contribution in [3.63, 3.8) is 0 Å². The third-order valence-electron chi connectivity index (χ3n) is 11.4. The predicted molar refractivity (Wildman–Crippen MR) is 213 cm³/mol. The summed E-state index contributed by atoms with van der Waals surface area (Å²) < 4.78 is 0. The number of hydrogen-bond donors (Lipinski definition) is 2. The molecule has 4 aromatic rings. The molecule has 4 heteroatoms. The van der Waals surface area contributed by atoms with Crippen molar-refractivity contribution in [2.24, 2.45) is 0 Å². The molecule has 0 fully saturated rings. The van der Waals surface area contributed by atoms with E-state index in [2.05, 4.69) is 116 Å². The normalized spacial score (nSPS) is 13.3. The van der Waals surface area contributed by atoms with Crippen molar-refractivity contribution in [2.45, 2.75) is 128 Å². The Kier molecular flexibility index (Phi) is 9.89. The van der Waals surface area contributed by atoms with Gasteiger partial charge in [-0.3, -0.25) is 0 Å². The number of aryl methyl sites for hydroxylation is 5. The van der Waals surface area contributed by atoms with Crippen LogP contribution in [0, 0.1) is 20.8 Å². The summed E-state index contributed by atoms with van der Waals surface area (Å²) in [5.41, 5.74) is 26.6.